The summed E-state index contributed by atoms with van der Waals surface area (Å²) in [4.78, 5) is 50.5. The van der Waals surface area contributed by atoms with Gasteiger partial charge >= 0.3 is 13.8 Å². The topological polar surface area (TPSA) is 157 Å². The first-order valence-electron chi connectivity index (χ1n) is 15.7. The van der Waals surface area contributed by atoms with Crippen LogP contribution in [0.3, 0.4) is 0 Å². The average molecular weight is 725 g/mol. The minimum absolute atomic E-state index is 0.0318. The SMILES string of the molecule is COc1ccc2cc(C3CN(CCOC(=O)Cc4c(C)n(C(=O)c5ccc(Cl)cc5)c5ccc(OC)cc45)CCO3)ccc2c1.O=P(O)(O)O. The third kappa shape index (κ3) is 9.29. The second-order valence-corrected chi connectivity index (χ2v) is 13.1. The molecule has 1 aliphatic rings. The van der Waals surface area contributed by atoms with E-state index in [1.54, 1.807) is 49.1 Å². The molecule has 0 amide bonds. The van der Waals surface area contributed by atoms with Crippen molar-refractivity contribution in [3.05, 3.63) is 106 Å². The highest BCUT2D eigenvalue weighted by Crippen LogP contribution is 2.32. The number of esters is 1. The van der Waals surface area contributed by atoms with Crippen molar-refractivity contribution < 1.29 is 47.8 Å². The minimum Gasteiger partial charge on any atom is -0.497 e. The molecule has 0 aliphatic carbocycles. The summed E-state index contributed by atoms with van der Waals surface area (Å²) < 4.78 is 33.1. The Kier molecular flexibility index (Phi) is 12.0. The van der Waals surface area contributed by atoms with Gasteiger partial charge in [0.2, 0.25) is 0 Å². The van der Waals surface area contributed by atoms with Crippen molar-refractivity contribution in [3.8, 4) is 11.5 Å². The number of rotatable bonds is 9. The fourth-order valence-corrected chi connectivity index (χ4v) is 6.08. The molecule has 0 spiro atoms. The van der Waals surface area contributed by atoms with Gasteiger partial charge in [0.05, 0.1) is 38.9 Å². The van der Waals surface area contributed by atoms with E-state index in [0.29, 0.717) is 47.2 Å². The van der Waals surface area contributed by atoms with E-state index in [0.717, 1.165) is 39.6 Å². The van der Waals surface area contributed by atoms with Gasteiger partial charge in [-0.15, -0.1) is 0 Å². The molecule has 50 heavy (non-hydrogen) atoms. The van der Waals surface area contributed by atoms with E-state index in [-0.39, 0.29) is 31.0 Å². The summed E-state index contributed by atoms with van der Waals surface area (Å²) in [5.74, 6) is 0.916. The Morgan fingerprint density at radius 3 is 2.26 bits per heavy atom. The van der Waals surface area contributed by atoms with Gasteiger partial charge < -0.3 is 33.6 Å². The molecular weight excluding hydrogens is 687 g/mol. The van der Waals surface area contributed by atoms with Crippen molar-refractivity contribution in [1.82, 2.24) is 9.47 Å². The highest BCUT2D eigenvalue weighted by atomic mass is 35.5. The molecule has 1 fully saturated rings. The van der Waals surface area contributed by atoms with Crippen LogP contribution in [0.25, 0.3) is 21.7 Å². The number of nitrogens with zero attached hydrogens (tertiary/aromatic N) is 2. The maximum atomic E-state index is 13.6. The summed E-state index contributed by atoms with van der Waals surface area (Å²) in [6.45, 7) is 4.77. The van der Waals surface area contributed by atoms with Crippen LogP contribution in [-0.4, -0.2) is 83.1 Å². The molecule has 1 saturated heterocycles. The van der Waals surface area contributed by atoms with Crippen molar-refractivity contribution >= 4 is 53.0 Å². The number of halogens is 1. The lowest BCUT2D eigenvalue weighted by molar-refractivity contribution is -0.143. The first-order chi connectivity index (χ1) is 23.8. The number of hydrogen-bond acceptors (Lipinski definition) is 8. The Morgan fingerprint density at radius 1 is 0.920 bits per heavy atom. The van der Waals surface area contributed by atoms with Crippen LogP contribution < -0.4 is 9.47 Å². The number of phosphoric acid groups is 1. The van der Waals surface area contributed by atoms with E-state index in [9.17, 15) is 9.59 Å². The molecule has 5 aromatic rings. The number of aromatic nitrogens is 1. The molecule has 0 radical (unpaired) electrons. The van der Waals surface area contributed by atoms with Crippen LogP contribution in [0.2, 0.25) is 5.02 Å². The molecule has 264 valence electrons. The van der Waals surface area contributed by atoms with E-state index in [4.69, 9.17) is 49.8 Å². The molecule has 4 aromatic carbocycles. The quantitative estimate of drug-likeness (QED) is 0.127. The number of ether oxygens (including phenoxy) is 4. The predicted octanol–water partition coefficient (Wildman–Crippen LogP) is 5.69. The first-order valence-corrected chi connectivity index (χ1v) is 17.6. The van der Waals surface area contributed by atoms with E-state index < -0.39 is 7.82 Å². The van der Waals surface area contributed by atoms with Crippen LogP contribution in [0.4, 0.5) is 0 Å². The molecule has 12 nitrogen and oxygen atoms in total. The van der Waals surface area contributed by atoms with E-state index in [2.05, 4.69) is 29.2 Å². The van der Waals surface area contributed by atoms with Gasteiger partial charge in [-0.1, -0.05) is 29.8 Å². The molecule has 14 heteroatoms. The average Bonchev–Trinajstić information content (AvgIpc) is 3.36. The van der Waals surface area contributed by atoms with Gasteiger partial charge in [0.1, 0.15) is 18.1 Å². The number of benzene rings is 4. The number of methoxy groups -OCH3 is 2. The summed E-state index contributed by atoms with van der Waals surface area (Å²) >= 11 is 6.04. The zero-order valence-electron chi connectivity index (χ0n) is 27.7. The van der Waals surface area contributed by atoms with Crippen molar-refractivity contribution in [1.29, 1.82) is 0 Å². The summed E-state index contributed by atoms with van der Waals surface area (Å²) in [5.41, 5.74) is 3.72. The van der Waals surface area contributed by atoms with Gasteiger partial charge in [-0.25, -0.2) is 4.57 Å². The summed E-state index contributed by atoms with van der Waals surface area (Å²) in [7, 11) is -1.38. The lowest BCUT2D eigenvalue weighted by atomic mass is 10.0. The summed E-state index contributed by atoms with van der Waals surface area (Å²) in [6.07, 6.45) is -0.0350. The smallest absolute Gasteiger partial charge is 0.466 e. The summed E-state index contributed by atoms with van der Waals surface area (Å²) in [5, 5.41) is 3.57. The van der Waals surface area contributed by atoms with Gasteiger partial charge in [-0.05, 0) is 89.5 Å². The second-order valence-electron chi connectivity index (χ2n) is 11.6. The Bertz CT molecular complexity index is 2030. The minimum atomic E-state index is -4.64. The van der Waals surface area contributed by atoms with Crippen molar-refractivity contribution in [2.75, 3.05) is 47.1 Å². The molecule has 1 unspecified atom stereocenters. The van der Waals surface area contributed by atoms with Crippen molar-refractivity contribution in [2.24, 2.45) is 0 Å². The van der Waals surface area contributed by atoms with Crippen LogP contribution in [0, 0.1) is 6.92 Å². The number of morpholine rings is 1. The van der Waals surface area contributed by atoms with Gasteiger partial charge in [0, 0.05) is 41.3 Å². The van der Waals surface area contributed by atoms with Gasteiger partial charge in [0.15, 0.2) is 0 Å². The van der Waals surface area contributed by atoms with Crippen LogP contribution in [0.5, 0.6) is 11.5 Å². The van der Waals surface area contributed by atoms with E-state index >= 15 is 0 Å². The molecule has 1 aliphatic heterocycles. The Labute approximate surface area is 293 Å². The molecule has 1 atom stereocenters. The van der Waals surface area contributed by atoms with Crippen molar-refractivity contribution in [2.45, 2.75) is 19.4 Å². The van der Waals surface area contributed by atoms with Crippen LogP contribution in [-0.2, 0) is 25.3 Å². The highest BCUT2D eigenvalue weighted by molar-refractivity contribution is 7.45. The lowest BCUT2D eigenvalue weighted by Crippen LogP contribution is -2.40. The Hall–Kier alpha value is -4.26. The third-order valence-corrected chi connectivity index (χ3v) is 8.67. The maximum Gasteiger partial charge on any atom is 0.466 e. The molecule has 6 rings (SSSR count). The molecular formula is C36H38ClN2O10P. The fourth-order valence-electron chi connectivity index (χ4n) is 5.96. The first kappa shape index (κ1) is 37.0. The van der Waals surface area contributed by atoms with Crippen LogP contribution in [0.1, 0.15) is 33.3 Å². The molecule has 1 aromatic heterocycles. The predicted molar refractivity (Wildman–Crippen MR) is 189 cm³/mol. The van der Waals surface area contributed by atoms with E-state index in [1.807, 2.05) is 31.2 Å². The standard InChI is InChI=1S/C36H35ClN2O6.H3O4P/c1-23-31(32-20-30(43-3)12-13-33(32)39(23)36(41)24-6-9-28(37)10-7-24)21-35(40)45-17-15-38-14-16-44-34(22-38)27-5-4-26-19-29(42-2)11-8-25(26)18-27;1-5(2,3)4/h4-13,18-20,34H,14-17,21-22H2,1-3H3;(H3,1,2,3,4). The third-order valence-electron chi connectivity index (χ3n) is 8.42. The Balaban J connectivity index is 0.000000908. The normalized spacial score (nSPS) is 15.0. The number of carbonyl (C=O) groups is 2. The van der Waals surface area contributed by atoms with Gasteiger partial charge in [-0.3, -0.25) is 19.1 Å². The van der Waals surface area contributed by atoms with Gasteiger partial charge in [0.25, 0.3) is 5.91 Å². The lowest BCUT2D eigenvalue weighted by Gasteiger charge is -2.33. The molecule has 2 heterocycles. The molecule has 3 N–H and O–H groups in total. The number of fused-ring (bicyclic) bond motifs is 2. The van der Waals surface area contributed by atoms with Gasteiger partial charge in [-0.2, -0.15) is 0 Å². The Morgan fingerprint density at radius 2 is 1.56 bits per heavy atom. The number of hydrogen-bond donors (Lipinski definition) is 3. The zero-order valence-corrected chi connectivity index (χ0v) is 29.4. The molecule has 0 bridgehead atoms. The van der Waals surface area contributed by atoms with Crippen molar-refractivity contribution in [3.63, 3.8) is 0 Å². The summed E-state index contributed by atoms with van der Waals surface area (Å²) in [6, 6.07) is 24.7. The monoisotopic (exact) mass is 724 g/mol. The maximum absolute atomic E-state index is 13.6. The highest BCUT2D eigenvalue weighted by Gasteiger charge is 2.24. The van der Waals surface area contributed by atoms with E-state index in [1.165, 1.54) is 0 Å². The second kappa shape index (κ2) is 16.2. The van der Waals surface area contributed by atoms with Crippen LogP contribution >= 0.6 is 19.4 Å². The molecule has 0 saturated carbocycles. The fraction of sp³-hybridized carbons (Fsp3) is 0.278. The van der Waals surface area contributed by atoms with Crippen LogP contribution in [0.15, 0.2) is 78.9 Å². The number of carbonyl (C=O) groups excluding carboxylic acids is 2. The largest absolute Gasteiger partial charge is 0.497 e. The zero-order chi connectivity index (χ0) is 36.0.